The highest BCUT2D eigenvalue weighted by Gasteiger charge is 2.27. The Bertz CT molecular complexity index is 1090. The Kier molecular flexibility index (Phi) is 6.24. The highest BCUT2D eigenvalue weighted by atomic mass is 19.4. The molecule has 0 radical (unpaired) electrons. The number of pyridine rings is 2. The normalized spacial score (nSPS) is 11.3. The molecule has 0 spiro atoms. The van der Waals surface area contributed by atoms with Crippen LogP contribution in [0, 0.1) is 0 Å². The largest absolute Gasteiger partial charge is 0.405 e. The van der Waals surface area contributed by atoms with E-state index in [-0.39, 0.29) is 22.9 Å². The highest BCUT2D eigenvalue weighted by Crippen LogP contribution is 2.26. The summed E-state index contributed by atoms with van der Waals surface area (Å²) >= 11 is 0. The van der Waals surface area contributed by atoms with Crippen molar-refractivity contribution >= 4 is 34.0 Å². The van der Waals surface area contributed by atoms with Gasteiger partial charge in [0.05, 0.1) is 5.39 Å². The summed E-state index contributed by atoms with van der Waals surface area (Å²) in [6, 6.07) is 9.41. The van der Waals surface area contributed by atoms with Crippen LogP contribution in [0.5, 0.6) is 0 Å². The highest BCUT2D eigenvalue weighted by molar-refractivity contribution is 5.96. The smallest absolute Gasteiger partial charge is 0.361 e. The van der Waals surface area contributed by atoms with Crippen molar-refractivity contribution in [2.24, 2.45) is 0 Å². The first kappa shape index (κ1) is 21.2. The van der Waals surface area contributed by atoms with Gasteiger partial charge in [0.2, 0.25) is 0 Å². The first-order valence-corrected chi connectivity index (χ1v) is 9.25. The third-order valence-corrected chi connectivity index (χ3v) is 4.17. The van der Waals surface area contributed by atoms with E-state index in [2.05, 4.69) is 25.9 Å². The molecule has 3 rings (SSSR count). The minimum atomic E-state index is -4.41. The Morgan fingerprint density at radius 3 is 2.57 bits per heavy atom. The molecule has 0 unspecified atom stereocenters. The molecule has 0 bridgehead atoms. The molecule has 3 aromatic rings. The molecule has 0 aliphatic rings. The summed E-state index contributed by atoms with van der Waals surface area (Å²) in [5, 5.41) is 8.58. The van der Waals surface area contributed by atoms with Gasteiger partial charge in [-0.25, -0.2) is 4.98 Å². The summed E-state index contributed by atoms with van der Waals surface area (Å²) in [6.45, 7) is 1.26. The van der Waals surface area contributed by atoms with Crippen molar-refractivity contribution in [3.63, 3.8) is 0 Å². The average Bonchev–Trinajstić information content (AvgIpc) is 2.70. The van der Waals surface area contributed by atoms with Crippen LogP contribution in [0.15, 0.2) is 47.4 Å². The minimum Gasteiger partial charge on any atom is -0.361 e. The van der Waals surface area contributed by atoms with Gasteiger partial charge in [-0.15, -0.1) is 0 Å². The SMILES string of the molecule is CCCNC(=O)c1ccc(Nc2nc(NCC(F)(F)F)cc3cc[nH]c(=O)c23)cc1. The molecule has 0 fully saturated rings. The molecule has 2 heterocycles. The van der Waals surface area contributed by atoms with Gasteiger partial charge in [0.1, 0.15) is 18.2 Å². The lowest BCUT2D eigenvalue weighted by Crippen LogP contribution is -2.23. The van der Waals surface area contributed by atoms with Crippen LogP contribution in [-0.2, 0) is 0 Å². The predicted octanol–water partition coefficient (Wildman–Crippen LogP) is 3.78. The van der Waals surface area contributed by atoms with E-state index >= 15 is 0 Å². The molecule has 1 aromatic carbocycles. The average molecular weight is 419 g/mol. The number of aromatic nitrogens is 2. The van der Waals surface area contributed by atoms with Crippen molar-refractivity contribution < 1.29 is 18.0 Å². The van der Waals surface area contributed by atoms with E-state index in [1.807, 2.05) is 6.92 Å². The second-order valence-electron chi connectivity index (χ2n) is 6.55. The molecule has 10 heteroatoms. The van der Waals surface area contributed by atoms with Crippen LogP contribution in [0.2, 0.25) is 0 Å². The number of hydrogen-bond acceptors (Lipinski definition) is 5. The monoisotopic (exact) mass is 419 g/mol. The molecular weight excluding hydrogens is 399 g/mol. The first-order valence-electron chi connectivity index (χ1n) is 9.25. The number of carbonyl (C=O) groups excluding carboxylic acids is 1. The van der Waals surface area contributed by atoms with Crippen molar-refractivity contribution in [2.45, 2.75) is 19.5 Å². The number of nitrogens with one attached hydrogen (secondary N) is 4. The van der Waals surface area contributed by atoms with Gasteiger partial charge in [0.25, 0.3) is 11.5 Å². The number of hydrogen-bond donors (Lipinski definition) is 4. The summed E-state index contributed by atoms with van der Waals surface area (Å²) in [7, 11) is 0. The molecule has 7 nitrogen and oxygen atoms in total. The Labute approximate surface area is 169 Å². The molecule has 0 atom stereocenters. The Morgan fingerprint density at radius 1 is 1.17 bits per heavy atom. The molecule has 0 saturated heterocycles. The molecule has 0 aliphatic carbocycles. The van der Waals surface area contributed by atoms with Gasteiger partial charge in [0, 0.05) is 24.0 Å². The summed E-state index contributed by atoms with van der Waals surface area (Å²) in [5.41, 5.74) is 0.553. The Hall–Kier alpha value is -3.56. The van der Waals surface area contributed by atoms with Crippen molar-refractivity contribution in [1.82, 2.24) is 15.3 Å². The number of fused-ring (bicyclic) bond motifs is 1. The number of benzene rings is 1. The van der Waals surface area contributed by atoms with Crippen molar-refractivity contribution in [3.05, 3.63) is 58.5 Å². The van der Waals surface area contributed by atoms with E-state index in [0.29, 0.717) is 23.2 Å². The van der Waals surface area contributed by atoms with Crippen LogP contribution >= 0.6 is 0 Å². The summed E-state index contributed by atoms with van der Waals surface area (Å²) in [6.07, 6.45) is -2.18. The van der Waals surface area contributed by atoms with Crippen molar-refractivity contribution in [2.75, 3.05) is 23.7 Å². The van der Waals surface area contributed by atoms with E-state index < -0.39 is 18.3 Å². The third kappa shape index (κ3) is 5.28. The first-order chi connectivity index (χ1) is 14.3. The van der Waals surface area contributed by atoms with Gasteiger partial charge in [0.15, 0.2) is 0 Å². The Morgan fingerprint density at radius 2 is 1.90 bits per heavy atom. The maximum atomic E-state index is 12.6. The topological polar surface area (TPSA) is 98.9 Å². The van der Waals surface area contributed by atoms with E-state index in [1.54, 1.807) is 30.3 Å². The number of aromatic amines is 1. The van der Waals surface area contributed by atoms with Crippen LogP contribution in [-0.4, -0.2) is 35.1 Å². The molecule has 2 aromatic heterocycles. The number of rotatable bonds is 7. The van der Waals surface area contributed by atoms with Crippen LogP contribution < -0.4 is 21.5 Å². The predicted molar refractivity (Wildman–Crippen MR) is 109 cm³/mol. The Balaban J connectivity index is 1.90. The molecule has 0 aliphatic heterocycles. The van der Waals surface area contributed by atoms with Gasteiger partial charge in [-0.1, -0.05) is 6.92 Å². The van der Waals surface area contributed by atoms with Crippen LogP contribution in [0.3, 0.4) is 0 Å². The lowest BCUT2D eigenvalue weighted by molar-refractivity contribution is -0.115. The fourth-order valence-corrected chi connectivity index (χ4v) is 2.77. The third-order valence-electron chi connectivity index (χ3n) is 4.17. The van der Waals surface area contributed by atoms with E-state index in [4.69, 9.17) is 0 Å². The van der Waals surface area contributed by atoms with Gasteiger partial charge < -0.3 is 20.9 Å². The quantitative estimate of drug-likeness (QED) is 0.467. The van der Waals surface area contributed by atoms with E-state index in [1.165, 1.54) is 12.3 Å². The molecule has 30 heavy (non-hydrogen) atoms. The number of amides is 1. The summed E-state index contributed by atoms with van der Waals surface area (Å²) in [4.78, 5) is 30.9. The number of H-pyrrole nitrogens is 1. The maximum Gasteiger partial charge on any atom is 0.405 e. The maximum absolute atomic E-state index is 12.6. The number of alkyl halides is 3. The van der Waals surface area contributed by atoms with Crippen LogP contribution in [0.25, 0.3) is 10.8 Å². The standard InChI is InChI=1S/C20H20F3N5O2/c1-2-8-24-18(29)12-3-5-14(6-4-12)27-17-16-13(7-9-25-19(16)30)10-15(28-17)26-11-20(21,22)23/h3-7,9-10H,2,8,11H2,1H3,(H,24,29)(H,25,30)(H2,26,27,28). The number of carbonyl (C=O) groups is 1. The zero-order valence-electron chi connectivity index (χ0n) is 16.1. The second kappa shape index (κ2) is 8.85. The number of anilines is 3. The minimum absolute atomic E-state index is 0.0245. The molecular formula is C20H20F3N5O2. The molecule has 0 saturated carbocycles. The van der Waals surface area contributed by atoms with Gasteiger partial charge in [-0.05, 0) is 48.2 Å². The van der Waals surface area contributed by atoms with E-state index in [0.717, 1.165) is 6.42 Å². The van der Waals surface area contributed by atoms with Crippen LogP contribution in [0.1, 0.15) is 23.7 Å². The zero-order chi connectivity index (χ0) is 21.7. The van der Waals surface area contributed by atoms with Gasteiger partial charge in [-0.2, -0.15) is 13.2 Å². The number of nitrogens with zero attached hydrogens (tertiary/aromatic N) is 1. The van der Waals surface area contributed by atoms with Gasteiger partial charge >= 0.3 is 6.18 Å². The number of halogens is 3. The second-order valence-corrected chi connectivity index (χ2v) is 6.55. The molecule has 1 amide bonds. The van der Waals surface area contributed by atoms with Crippen molar-refractivity contribution in [1.29, 1.82) is 0 Å². The van der Waals surface area contributed by atoms with E-state index in [9.17, 15) is 22.8 Å². The fourth-order valence-electron chi connectivity index (χ4n) is 2.77. The van der Waals surface area contributed by atoms with Crippen molar-refractivity contribution in [3.8, 4) is 0 Å². The summed E-state index contributed by atoms with van der Waals surface area (Å²) < 4.78 is 37.7. The fraction of sp³-hybridized carbons (Fsp3) is 0.250. The summed E-state index contributed by atoms with van der Waals surface area (Å²) in [5.74, 6) is -0.132. The lowest BCUT2D eigenvalue weighted by Gasteiger charge is -2.13. The van der Waals surface area contributed by atoms with Gasteiger partial charge in [-0.3, -0.25) is 9.59 Å². The lowest BCUT2D eigenvalue weighted by atomic mass is 10.1. The zero-order valence-corrected chi connectivity index (χ0v) is 16.1. The molecule has 158 valence electrons. The van der Waals surface area contributed by atoms with Crippen LogP contribution in [0.4, 0.5) is 30.5 Å². The molecule has 4 N–H and O–H groups in total.